The standard InChI is InChI=1S/C25H35F3N4O4/c1-24(2,3)36-23(33)29-17-8-6-7-16(13-17)15-32(18-9-11-19(34-4)12-10-18)22(35-5)20-14-21(31-30-20)25(26,27)28/h6-8,13-14,18-19,22H,9-12,15H2,1-5H3,(H,29,33)(H,30,31). The largest absolute Gasteiger partial charge is 0.444 e. The predicted octanol–water partition coefficient (Wildman–Crippen LogP) is 5.88. The van der Waals surface area contributed by atoms with Crippen LogP contribution in [-0.2, 0) is 26.9 Å². The molecule has 1 amide bonds. The highest BCUT2D eigenvalue weighted by atomic mass is 19.4. The third kappa shape index (κ3) is 7.68. The van der Waals surface area contributed by atoms with Crippen LogP contribution in [0.4, 0.5) is 23.7 Å². The van der Waals surface area contributed by atoms with Crippen molar-refractivity contribution >= 4 is 11.8 Å². The second-order valence-electron chi connectivity index (χ2n) is 9.96. The Labute approximate surface area is 209 Å². The molecule has 0 spiro atoms. The molecule has 36 heavy (non-hydrogen) atoms. The molecule has 2 N–H and O–H groups in total. The van der Waals surface area contributed by atoms with E-state index in [1.54, 1.807) is 33.9 Å². The Morgan fingerprint density at radius 2 is 1.86 bits per heavy atom. The molecule has 1 atom stereocenters. The van der Waals surface area contributed by atoms with E-state index < -0.39 is 29.8 Å². The van der Waals surface area contributed by atoms with Crippen LogP contribution < -0.4 is 5.32 Å². The molecular formula is C25H35F3N4O4. The van der Waals surface area contributed by atoms with Crippen molar-refractivity contribution in [1.82, 2.24) is 15.1 Å². The number of rotatable bonds is 8. The van der Waals surface area contributed by atoms with Gasteiger partial charge in [-0.15, -0.1) is 0 Å². The SMILES string of the molecule is COC1CCC(N(Cc2cccc(NC(=O)OC(C)(C)C)c2)C(OC)c2cc(C(F)(F)F)n[nH]2)CC1. The number of aromatic nitrogens is 2. The number of carbonyl (C=O) groups is 1. The van der Waals surface area contributed by atoms with Crippen LogP contribution in [0.1, 0.15) is 69.6 Å². The summed E-state index contributed by atoms with van der Waals surface area (Å²) in [5.74, 6) is 0. The van der Waals surface area contributed by atoms with Gasteiger partial charge in [-0.25, -0.2) is 4.79 Å². The molecular weight excluding hydrogens is 477 g/mol. The van der Waals surface area contributed by atoms with E-state index in [1.807, 2.05) is 23.1 Å². The maximum atomic E-state index is 13.2. The fourth-order valence-corrected chi connectivity index (χ4v) is 4.45. The summed E-state index contributed by atoms with van der Waals surface area (Å²) in [4.78, 5) is 14.2. The lowest BCUT2D eigenvalue weighted by Crippen LogP contribution is -2.42. The topological polar surface area (TPSA) is 88.7 Å². The fraction of sp³-hybridized carbons (Fsp3) is 0.600. The van der Waals surface area contributed by atoms with Crippen LogP contribution in [0.15, 0.2) is 30.3 Å². The first-order valence-corrected chi connectivity index (χ1v) is 11.9. The minimum atomic E-state index is -4.56. The number of ether oxygens (including phenoxy) is 3. The van der Waals surface area contributed by atoms with Gasteiger partial charge in [0.1, 0.15) is 5.60 Å². The quantitative estimate of drug-likeness (QED) is 0.430. The lowest BCUT2D eigenvalue weighted by molar-refractivity contribution is -0.141. The number of benzene rings is 1. The second kappa shape index (κ2) is 11.6. The van der Waals surface area contributed by atoms with Gasteiger partial charge in [0, 0.05) is 32.5 Å². The maximum Gasteiger partial charge on any atom is 0.435 e. The van der Waals surface area contributed by atoms with Gasteiger partial charge in [-0.1, -0.05) is 12.1 Å². The summed E-state index contributed by atoms with van der Waals surface area (Å²) in [5, 5.41) is 8.70. The van der Waals surface area contributed by atoms with E-state index in [4.69, 9.17) is 14.2 Å². The molecule has 1 aliphatic carbocycles. The summed E-state index contributed by atoms with van der Waals surface area (Å²) >= 11 is 0. The van der Waals surface area contributed by atoms with E-state index in [-0.39, 0.29) is 17.8 Å². The molecule has 1 heterocycles. The minimum absolute atomic E-state index is 0.0430. The number of hydrogen-bond acceptors (Lipinski definition) is 6. The summed E-state index contributed by atoms with van der Waals surface area (Å²) in [7, 11) is 3.15. The van der Waals surface area contributed by atoms with Gasteiger partial charge in [0.2, 0.25) is 0 Å². The normalized spacial score (nSPS) is 19.8. The fourth-order valence-electron chi connectivity index (χ4n) is 4.45. The van der Waals surface area contributed by atoms with E-state index in [0.29, 0.717) is 12.2 Å². The van der Waals surface area contributed by atoms with Gasteiger partial charge in [0.25, 0.3) is 0 Å². The third-order valence-corrected chi connectivity index (χ3v) is 6.06. The zero-order valence-electron chi connectivity index (χ0n) is 21.3. The average Bonchev–Trinajstić information content (AvgIpc) is 3.28. The molecule has 1 aromatic carbocycles. The summed E-state index contributed by atoms with van der Waals surface area (Å²) in [6.07, 6.45) is -2.47. The molecule has 0 saturated heterocycles. The minimum Gasteiger partial charge on any atom is -0.444 e. The second-order valence-corrected chi connectivity index (χ2v) is 9.96. The maximum absolute atomic E-state index is 13.2. The van der Waals surface area contributed by atoms with E-state index >= 15 is 0 Å². The number of anilines is 1. The van der Waals surface area contributed by atoms with E-state index in [0.717, 1.165) is 37.3 Å². The van der Waals surface area contributed by atoms with Crippen LogP contribution in [0.2, 0.25) is 0 Å². The van der Waals surface area contributed by atoms with Crippen LogP contribution in [0, 0.1) is 0 Å². The van der Waals surface area contributed by atoms with Crippen molar-refractivity contribution in [2.24, 2.45) is 0 Å². The number of nitrogens with zero attached hydrogens (tertiary/aromatic N) is 2. The molecule has 0 bridgehead atoms. The first-order valence-electron chi connectivity index (χ1n) is 11.9. The average molecular weight is 513 g/mol. The highest BCUT2D eigenvalue weighted by molar-refractivity contribution is 5.84. The summed E-state index contributed by atoms with van der Waals surface area (Å²) in [6.45, 7) is 5.72. The molecule has 0 aliphatic heterocycles. The highest BCUT2D eigenvalue weighted by Gasteiger charge is 2.37. The van der Waals surface area contributed by atoms with Gasteiger partial charge in [-0.05, 0) is 70.2 Å². The zero-order valence-corrected chi connectivity index (χ0v) is 21.3. The highest BCUT2D eigenvalue weighted by Crippen LogP contribution is 2.35. The Balaban J connectivity index is 1.85. The van der Waals surface area contributed by atoms with Gasteiger partial charge in [0.05, 0.1) is 11.8 Å². The van der Waals surface area contributed by atoms with E-state index in [9.17, 15) is 18.0 Å². The van der Waals surface area contributed by atoms with Gasteiger partial charge < -0.3 is 14.2 Å². The molecule has 1 unspecified atom stereocenters. The number of alkyl halides is 3. The summed E-state index contributed by atoms with van der Waals surface area (Å²) < 4.78 is 56.2. The van der Waals surface area contributed by atoms with Crippen molar-refractivity contribution in [2.45, 2.75) is 83.2 Å². The summed E-state index contributed by atoms with van der Waals surface area (Å²) in [5.41, 5.74) is 0.00691. The van der Waals surface area contributed by atoms with Crippen LogP contribution in [0.3, 0.4) is 0 Å². The Morgan fingerprint density at radius 1 is 1.17 bits per heavy atom. The third-order valence-electron chi connectivity index (χ3n) is 6.06. The number of H-pyrrole nitrogens is 1. The van der Waals surface area contributed by atoms with Crippen LogP contribution in [-0.4, -0.2) is 53.2 Å². The Morgan fingerprint density at radius 3 is 2.42 bits per heavy atom. The lowest BCUT2D eigenvalue weighted by atomic mass is 9.91. The van der Waals surface area contributed by atoms with E-state index in [2.05, 4.69) is 15.5 Å². The number of hydrogen-bond donors (Lipinski definition) is 2. The molecule has 8 nitrogen and oxygen atoms in total. The zero-order chi connectivity index (χ0) is 26.5. The van der Waals surface area contributed by atoms with Crippen LogP contribution >= 0.6 is 0 Å². The molecule has 1 aromatic heterocycles. The van der Waals surface area contributed by atoms with E-state index in [1.165, 1.54) is 7.11 Å². The van der Waals surface area contributed by atoms with Gasteiger partial charge in [-0.2, -0.15) is 18.3 Å². The first kappa shape index (κ1) is 27.9. The van der Waals surface area contributed by atoms with Crippen molar-refractivity contribution in [3.63, 3.8) is 0 Å². The predicted molar refractivity (Wildman–Crippen MR) is 128 cm³/mol. The summed E-state index contributed by atoms with van der Waals surface area (Å²) in [6, 6.07) is 8.30. The van der Waals surface area contributed by atoms with Crippen LogP contribution in [0.25, 0.3) is 0 Å². The van der Waals surface area contributed by atoms with Crippen molar-refractivity contribution in [2.75, 3.05) is 19.5 Å². The van der Waals surface area contributed by atoms with Gasteiger partial charge in [0.15, 0.2) is 11.9 Å². The molecule has 0 radical (unpaired) electrons. The Kier molecular flexibility index (Phi) is 9.02. The number of amides is 1. The van der Waals surface area contributed by atoms with Gasteiger partial charge >= 0.3 is 12.3 Å². The molecule has 2 aromatic rings. The van der Waals surface area contributed by atoms with Crippen molar-refractivity contribution in [3.8, 4) is 0 Å². The number of halogens is 3. The Hall–Kier alpha value is -2.63. The van der Waals surface area contributed by atoms with Crippen LogP contribution in [0.5, 0.6) is 0 Å². The first-order chi connectivity index (χ1) is 16.9. The Bertz CT molecular complexity index is 998. The molecule has 1 aliphatic rings. The lowest BCUT2D eigenvalue weighted by Gasteiger charge is -2.40. The number of nitrogens with one attached hydrogen (secondary N) is 2. The van der Waals surface area contributed by atoms with Gasteiger partial charge in [-0.3, -0.25) is 15.3 Å². The molecule has 1 saturated carbocycles. The molecule has 3 rings (SSSR count). The molecule has 11 heteroatoms. The smallest absolute Gasteiger partial charge is 0.435 e. The number of aromatic amines is 1. The monoisotopic (exact) mass is 512 g/mol. The number of carbonyl (C=O) groups excluding carboxylic acids is 1. The molecule has 1 fully saturated rings. The molecule has 200 valence electrons. The number of methoxy groups -OCH3 is 2. The van der Waals surface area contributed by atoms with Crippen molar-refractivity contribution in [3.05, 3.63) is 47.3 Å². The van der Waals surface area contributed by atoms with Crippen molar-refractivity contribution < 1.29 is 32.2 Å². The van der Waals surface area contributed by atoms with Crippen molar-refractivity contribution in [1.29, 1.82) is 0 Å².